The van der Waals surface area contributed by atoms with Crippen molar-refractivity contribution >= 4 is 34.9 Å². The predicted molar refractivity (Wildman–Crippen MR) is 190 cm³/mol. The molecule has 2 aromatic carbocycles. The molecule has 15 heteroatoms. The van der Waals surface area contributed by atoms with Crippen LogP contribution in [0, 0.1) is 23.5 Å². The lowest BCUT2D eigenvalue weighted by Gasteiger charge is -2.44. The second-order valence-electron chi connectivity index (χ2n) is 13.7. The molecule has 0 radical (unpaired) electrons. The molecule has 2 aliphatic heterocycles. The molecule has 0 spiro atoms. The number of likely N-dealkylation sites (tertiary alicyclic amines) is 1. The summed E-state index contributed by atoms with van der Waals surface area (Å²) in [5, 5.41) is 12.2. The van der Waals surface area contributed by atoms with Crippen LogP contribution in [-0.4, -0.2) is 103 Å². The molecular formula is C37H45F2N8O5+. The number of rotatable bonds is 13. The standard InChI is InChI=1S/C37H44F2N8O5/c1-5-23-16-25(44-33-34-42-20-29(46(34)13-12-41-33)27-8-9-30(51-3)32(39)31(27)38)6-7-26(23)36(49)45-28(37(50)52-4)19-43-35(48)24-10-14-47(2,15-11-24)21-22-17-40-18-22/h6-9,12-13,16,20,22,24,28,40H,5,10-11,14-15,17-19,21H2,1-4H3,(H2-,41,43,44,45,48,49)/p+1. The zero-order chi connectivity index (χ0) is 37.0. The van der Waals surface area contributed by atoms with E-state index in [1.165, 1.54) is 38.7 Å². The van der Waals surface area contributed by atoms with Crippen molar-refractivity contribution in [2.45, 2.75) is 32.2 Å². The lowest BCUT2D eigenvalue weighted by molar-refractivity contribution is -0.918. The van der Waals surface area contributed by atoms with Gasteiger partial charge in [0.2, 0.25) is 11.7 Å². The van der Waals surface area contributed by atoms with Crippen LogP contribution in [0.5, 0.6) is 5.75 Å². The van der Waals surface area contributed by atoms with E-state index in [4.69, 9.17) is 9.47 Å². The molecule has 4 aromatic rings. The monoisotopic (exact) mass is 719 g/mol. The Kier molecular flexibility index (Phi) is 11.0. The van der Waals surface area contributed by atoms with Gasteiger partial charge in [-0.15, -0.1) is 0 Å². The van der Waals surface area contributed by atoms with Crippen molar-refractivity contribution in [3.8, 4) is 17.0 Å². The molecule has 4 N–H and O–H groups in total. The first-order valence-electron chi connectivity index (χ1n) is 17.5. The molecule has 13 nitrogen and oxygen atoms in total. The van der Waals surface area contributed by atoms with Gasteiger partial charge in [0.1, 0.15) is 6.04 Å². The summed E-state index contributed by atoms with van der Waals surface area (Å²) in [6.07, 6.45) is 6.55. The third-order valence-corrected chi connectivity index (χ3v) is 10.2. The number of benzene rings is 2. The fourth-order valence-corrected chi connectivity index (χ4v) is 7.07. The molecule has 0 bridgehead atoms. The van der Waals surface area contributed by atoms with Gasteiger partial charge in [-0.2, -0.15) is 4.39 Å². The van der Waals surface area contributed by atoms with Gasteiger partial charge in [-0.3, -0.25) is 14.0 Å². The van der Waals surface area contributed by atoms with Crippen LogP contribution in [0.25, 0.3) is 16.9 Å². The molecule has 0 saturated carbocycles. The maximum Gasteiger partial charge on any atom is 0.330 e. The topological polar surface area (TPSA) is 148 Å². The highest BCUT2D eigenvalue weighted by molar-refractivity contribution is 5.98. The molecule has 2 fully saturated rings. The third-order valence-electron chi connectivity index (χ3n) is 10.2. The molecular weight excluding hydrogens is 674 g/mol. The molecule has 276 valence electrons. The third kappa shape index (κ3) is 7.70. The van der Waals surface area contributed by atoms with E-state index in [1.807, 2.05) is 6.92 Å². The van der Waals surface area contributed by atoms with Crippen molar-refractivity contribution in [3.63, 3.8) is 0 Å². The minimum absolute atomic E-state index is 0.00449. The Bertz CT molecular complexity index is 1960. The van der Waals surface area contributed by atoms with Crippen LogP contribution in [0.15, 0.2) is 48.9 Å². The fraction of sp³-hybridized carbons (Fsp3) is 0.432. The number of aryl methyl sites for hydroxylation is 1. The number of nitrogens with one attached hydrogen (secondary N) is 4. The maximum absolute atomic E-state index is 14.9. The maximum atomic E-state index is 14.9. The Morgan fingerprint density at radius 2 is 1.85 bits per heavy atom. The number of carbonyl (C=O) groups is 3. The normalized spacial score (nSPS) is 19.4. The molecule has 2 aliphatic rings. The number of hydrogen-bond donors (Lipinski definition) is 4. The number of piperidine rings is 1. The molecule has 2 amide bonds. The summed E-state index contributed by atoms with van der Waals surface area (Å²) in [6, 6.07) is 6.79. The number of methoxy groups -OCH3 is 2. The SMILES string of the molecule is CCc1cc(Nc2nccn3c(-c4ccc(OC)c(F)c4F)cnc23)ccc1C(=O)NC(CNC(=O)C1CC[N+](C)(CC2CNC2)CC1)C(=O)OC. The highest BCUT2D eigenvalue weighted by atomic mass is 19.2. The Morgan fingerprint density at radius 3 is 2.52 bits per heavy atom. The summed E-state index contributed by atoms with van der Waals surface area (Å²) in [5.74, 6) is -2.75. The number of nitrogens with zero attached hydrogens (tertiary/aromatic N) is 4. The van der Waals surface area contributed by atoms with Crippen LogP contribution in [0.2, 0.25) is 0 Å². The summed E-state index contributed by atoms with van der Waals surface area (Å²) >= 11 is 0. The predicted octanol–water partition coefficient (Wildman–Crippen LogP) is 3.45. The Labute approximate surface area is 300 Å². The molecule has 6 rings (SSSR count). The number of amides is 2. The fourth-order valence-electron chi connectivity index (χ4n) is 7.07. The van der Waals surface area contributed by atoms with Gasteiger partial charge in [-0.1, -0.05) is 6.92 Å². The van der Waals surface area contributed by atoms with E-state index in [9.17, 15) is 23.2 Å². The van der Waals surface area contributed by atoms with E-state index in [1.54, 1.807) is 28.8 Å². The number of carbonyl (C=O) groups excluding carboxylic acids is 3. The first-order chi connectivity index (χ1) is 25.0. The van der Waals surface area contributed by atoms with Crippen molar-refractivity contribution < 1.29 is 37.1 Å². The van der Waals surface area contributed by atoms with Gasteiger partial charge in [0.05, 0.1) is 52.8 Å². The van der Waals surface area contributed by atoms with Gasteiger partial charge < -0.3 is 35.2 Å². The van der Waals surface area contributed by atoms with E-state index in [0.717, 1.165) is 50.0 Å². The second kappa shape index (κ2) is 15.6. The highest BCUT2D eigenvalue weighted by Gasteiger charge is 2.37. The van der Waals surface area contributed by atoms with Crippen LogP contribution >= 0.6 is 0 Å². The molecule has 2 saturated heterocycles. The van der Waals surface area contributed by atoms with E-state index in [0.29, 0.717) is 46.3 Å². The van der Waals surface area contributed by atoms with Crippen LogP contribution in [0.3, 0.4) is 0 Å². The summed E-state index contributed by atoms with van der Waals surface area (Å²) in [4.78, 5) is 48.1. The zero-order valence-corrected chi connectivity index (χ0v) is 29.8. The Balaban J connectivity index is 1.11. The van der Waals surface area contributed by atoms with Crippen molar-refractivity contribution in [3.05, 3.63) is 71.7 Å². The summed E-state index contributed by atoms with van der Waals surface area (Å²) < 4.78 is 41.8. The first-order valence-corrected chi connectivity index (χ1v) is 17.5. The largest absolute Gasteiger partial charge is 0.494 e. The molecule has 2 aromatic heterocycles. The number of fused-ring (bicyclic) bond motifs is 1. The zero-order valence-electron chi connectivity index (χ0n) is 29.8. The minimum Gasteiger partial charge on any atom is -0.494 e. The summed E-state index contributed by atoms with van der Waals surface area (Å²) in [7, 11) is 4.76. The van der Waals surface area contributed by atoms with Gasteiger partial charge >= 0.3 is 5.97 Å². The number of anilines is 2. The van der Waals surface area contributed by atoms with Crippen molar-refractivity contribution in [1.82, 2.24) is 30.3 Å². The van der Waals surface area contributed by atoms with Crippen LogP contribution in [-0.2, 0) is 20.7 Å². The van der Waals surface area contributed by atoms with Crippen molar-refractivity contribution in [2.24, 2.45) is 11.8 Å². The van der Waals surface area contributed by atoms with E-state index in [2.05, 4.69) is 38.3 Å². The van der Waals surface area contributed by atoms with E-state index in [-0.39, 0.29) is 29.7 Å². The average Bonchev–Trinajstić information content (AvgIpc) is 3.57. The second-order valence-corrected chi connectivity index (χ2v) is 13.7. The van der Waals surface area contributed by atoms with E-state index < -0.39 is 29.6 Å². The summed E-state index contributed by atoms with van der Waals surface area (Å²) in [5.41, 5.74) is 2.32. The van der Waals surface area contributed by atoms with Crippen LogP contribution in [0.1, 0.15) is 35.7 Å². The number of halogens is 2. The number of hydrogen-bond acceptors (Lipinski definition) is 9. The van der Waals surface area contributed by atoms with Crippen molar-refractivity contribution in [1.29, 1.82) is 0 Å². The lowest BCUT2D eigenvalue weighted by atomic mass is 9.92. The number of quaternary nitrogens is 1. The van der Waals surface area contributed by atoms with E-state index >= 15 is 0 Å². The Hall–Kier alpha value is -5.15. The summed E-state index contributed by atoms with van der Waals surface area (Å²) in [6.45, 7) is 6.88. The first kappa shape index (κ1) is 36.6. The number of ether oxygens (including phenoxy) is 2. The number of aromatic nitrogens is 3. The minimum atomic E-state index is -1.10. The molecule has 0 aliphatic carbocycles. The molecule has 52 heavy (non-hydrogen) atoms. The van der Waals surface area contributed by atoms with Crippen molar-refractivity contribution in [2.75, 3.05) is 65.9 Å². The van der Waals surface area contributed by atoms with Gasteiger partial charge in [0.15, 0.2) is 23.0 Å². The van der Waals surface area contributed by atoms with Gasteiger partial charge in [0, 0.05) is 73.5 Å². The number of imidazole rings is 1. The Morgan fingerprint density at radius 1 is 1.08 bits per heavy atom. The quantitative estimate of drug-likeness (QED) is 0.121. The lowest BCUT2D eigenvalue weighted by Crippen LogP contribution is -2.59. The van der Waals surface area contributed by atoms with Gasteiger partial charge in [-0.25, -0.2) is 19.2 Å². The average molecular weight is 720 g/mol. The molecule has 1 unspecified atom stereocenters. The smallest absolute Gasteiger partial charge is 0.330 e. The van der Waals surface area contributed by atoms with Gasteiger partial charge in [-0.05, 0) is 42.3 Å². The van der Waals surface area contributed by atoms with Gasteiger partial charge in [0.25, 0.3) is 5.91 Å². The van der Waals surface area contributed by atoms with Crippen LogP contribution in [0.4, 0.5) is 20.3 Å². The molecule has 4 heterocycles. The number of esters is 1. The molecule has 1 atom stereocenters. The van der Waals surface area contributed by atoms with Crippen LogP contribution < -0.4 is 26.0 Å². The highest BCUT2D eigenvalue weighted by Crippen LogP contribution is 2.32.